The van der Waals surface area contributed by atoms with Crippen LogP contribution in [0.15, 0.2) is 24.3 Å². The minimum absolute atomic E-state index is 0.0154. The van der Waals surface area contributed by atoms with E-state index in [4.69, 9.17) is 0 Å². The SMILES string of the molecule is CCNC(=O)N1CCN(Cc2nnnn2-c2ccc(C)cc2)CC1. The predicted octanol–water partition coefficient (Wildman–Crippen LogP) is 0.818. The van der Waals surface area contributed by atoms with Crippen molar-refractivity contribution in [2.45, 2.75) is 20.4 Å². The standard InChI is InChI=1S/C16H23N7O/c1-3-17-16(24)22-10-8-21(9-11-22)12-15-18-19-20-23(15)14-6-4-13(2)5-7-14/h4-7H,3,8-12H2,1-2H3,(H,17,24). The van der Waals surface area contributed by atoms with E-state index in [1.54, 1.807) is 4.68 Å². The number of carbonyl (C=O) groups is 1. The van der Waals surface area contributed by atoms with E-state index >= 15 is 0 Å². The highest BCUT2D eigenvalue weighted by molar-refractivity contribution is 5.74. The summed E-state index contributed by atoms with van der Waals surface area (Å²) in [5.41, 5.74) is 2.16. The third kappa shape index (κ3) is 3.70. The maximum Gasteiger partial charge on any atom is 0.317 e. The Bertz CT molecular complexity index is 674. The third-order valence-corrected chi connectivity index (χ3v) is 4.17. The first-order valence-corrected chi connectivity index (χ1v) is 8.27. The Morgan fingerprint density at radius 2 is 1.88 bits per heavy atom. The maximum absolute atomic E-state index is 11.8. The highest BCUT2D eigenvalue weighted by atomic mass is 16.2. The fraction of sp³-hybridized carbons (Fsp3) is 0.500. The summed E-state index contributed by atoms with van der Waals surface area (Å²) >= 11 is 0. The number of benzene rings is 1. The summed E-state index contributed by atoms with van der Waals surface area (Å²) in [5.74, 6) is 0.810. The first-order chi connectivity index (χ1) is 11.7. The summed E-state index contributed by atoms with van der Waals surface area (Å²) in [4.78, 5) is 16.0. The molecule has 1 aromatic heterocycles. The molecule has 0 aliphatic carbocycles. The normalized spacial score (nSPS) is 15.5. The molecule has 0 bridgehead atoms. The highest BCUT2D eigenvalue weighted by Crippen LogP contribution is 2.12. The number of hydrogen-bond acceptors (Lipinski definition) is 5. The van der Waals surface area contributed by atoms with Gasteiger partial charge in [0.25, 0.3) is 0 Å². The molecule has 2 amide bonds. The van der Waals surface area contributed by atoms with Crippen molar-refractivity contribution < 1.29 is 4.79 Å². The van der Waals surface area contributed by atoms with Crippen LogP contribution in [0.2, 0.25) is 0 Å². The summed E-state index contributed by atoms with van der Waals surface area (Å²) in [6.07, 6.45) is 0. The number of carbonyl (C=O) groups excluding carboxylic acids is 1. The van der Waals surface area contributed by atoms with E-state index in [0.29, 0.717) is 13.1 Å². The summed E-state index contributed by atoms with van der Waals surface area (Å²) in [7, 11) is 0. The van der Waals surface area contributed by atoms with Gasteiger partial charge in [-0.1, -0.05) is 17.7 Å². The van der Waals surface area contributed by atoms with Gasteiger partial charge in [-0.05, 0) is 36.4 Å². The average Bonchev–Trinajstić information content (AvgIpc) is 3.04. The zero-order chi connectivity index (χ0) is 16.9. The molecule has 1 N–H and O–H groups in total. The fourth-order valence-corrected chi connectivity index (χ4v) is 2.76. The van der Waals surface area contributed by atoms with Gasteiger partial charge >= 0.3 is 6.03 Å². The molecular formula is C16H23N7O. The summed E-state index contributed by atoms with van der Waals surface area (Å²) in [6, 6.07) is 8.14. The van der Waals surface area contributed by atoms with Gasteiger partial charge in [0.15, 0.2) is 5.82 Å². The van der Waals surface area contributed by atoms with Crippen molar-refractivity contribution in [2.24, 2.45) is 0 Å². The number of urea groups is 1. The van der Waals surface area contributed by atoms with Gasteiger partial charge in [-0.2, -0.15) is 4.68 Å². The molecule has 3 rings (SSSR count). The van der Waals surface area contributed by atoms with E-state index in [-0.39, 0.29) is 6.03 Å². The Morgan fingerprint density at radius 1 is 1.17 bits per heavy atom. The van der Waals surface area contributed by atoms with Gasteiger partial charge in [0, 0.05) is 32.7 Å². The quantitative estimate of drug-likeness (QED) is 0.898. The third-order valence-electron chi connectivity index (χ3n) is 4.17. The highest BCUT2D eigenvalue weighted by Gasteiger charge is 2.22. The van der Waals surface area contributed by atoms with Gasteiger partial charge < -0.3 is 10.2 Å². The zero-order valence-electron chi connectivity index (χ0n) is 14.1. The Labute approximate surface area is 141 Å². The second-order valence-corrected chi connectivity index (χ2v) is 5.94. The van der Waals surface area contributed by atoms with Crippen LogP contribution in [0.3, 0.4) is 0 Å². The van der Waals surface area contributed by atoms with Gasteiger partial charge in [-0.25, -0.2) is 4.79 Å². The van der Waals surface area contributed by atoms with Gasteiger partial charge in [0.1, 0.15) is 0 Å². The van der Waals surface area contributed by atoms with Crippen molar-refractivity contribution in [2.75, 3.05) is 32.7 Å². The zero-order valence-corrected chi connectivity index (χ0v) is 14.1. The van der Waals surface area contributed by atoms with Crippen LogP contribution in [-0.2, 0) is 6.54 Å². The van der Waals surface area contributed by atoms with E-state index in [2.05, 4.69) is 32.7 Å². The van der Waals surface area contributed by atoms with E-state index in [9.17, 15) is 4.79 Å². The summed E-state index contributed by atoms with van der Waals surface area (Å²) < 4.78 is 1.77. The number of hydrogen-bond donors (Lipinski definition) is 1. The van der Waals surface area contributed by atoms with Crippen molar-refractivity contribution in [3.63, 3.8) is 0 Å². The Kier molecular flexibility index (Phi) is 5.05. The molecule has 1 fully saturated rings. The Morgan fingerprint density at radius 3 is 2.54 bits per heavy atom. The molecule has 0 atom stereocenters. The fourth-order valence-electron chi connectivity index (χ4n) is 2.76. The van der Waals surface area contributed by atoms with Crippen molar-refractivity contribution in [3.8, 4) is 5.69 Å². The monoisotopic (exact) mass is 329 g/mol. The van der Waals surface area contributed by atoms with Crippen molar-refractivity contribution in [1.29, 1.82) is 0 Å². The number of tetrazole rings is 1. The second kappa shape index (κ2) is 7.39. The lowest BCUT2D eigenvalue weighted by molar-refractivity contribution is 0.133. The number of amides is 2. The molecule has 24 heavy (non-hydrogen) atoms. The molecule has 0 radical (unpaired) electrons. The molecule has 1 aromatic carbocycles. The number of piperazine rings is 1. The molecule has 1 saturated heterocycles. The minimum atomic E-state index is 0.0154. The number of aryl methyl sites for hydroxylation is 1. The van der Waals surface area contributed by atoms with E-state index < -0.39 is 0 Å². The van der Waals surface area contributed by atoms with Crippen LogP contribution in [-0.4, -0.2) is 68.8 Å². The number of aromatic nitrogens is 4. The van der Waals surface area contributed by atoms with Crippen molar-refractivity contribution in [1.82, 2.24) is 35.3 Å². The Hall–Kier alpha value is -2.48. The maximum atomic E-state index is 11.8. The lowest BCUT2D eigenvalue weighted by atomic mass is 10.2. The van der Waals surface area contributed by atoms with E-state index in [0.717, 1.165) is 37.7 Å². The summed E-state index contributed by atoms with van der Waals surface area (Å²) in [5, 5.41) is 14.9. The number of nitrogens with zero attached hydrogens (tertiary/aromatic N) is 6. The molecule has 1 aliphatic heterocycles. The van der Waals surface area contributed by atoms with Crippen molar-refractivity contribution in [3.05, 3.63) is 35.7 Å². The van der Waals surface area contributed by atoms with Gasteiger partial charge in [0.2, 0.25) is 0 Å². The summed E-state index contributed by atoms with van der Waals surface area (Å²) in [6.45, 7) is 8.39. The van der Waals surface area contributed by atoms with Crippen LogP contribution in [0.4, 0.5) is 4.79 Å². The Balaban J connectivity index is 1.61. The minimum Gasteiger partial charge on any atom is -0.338 e. The molecule has 2 aromatic rings. The predicted molar refractivity (Wildman–Crippen MR) is 89.8 cm³/mol. The topological polar surface area (TPSA) is 79.2 Å². The molecular weight excluding hydrogens is 306 g/mol. The lowest BCUT2D eigenvalue weighted by Gasteiger charge is -2.34. The van der Waals surface area contributed by atoms with Crippen LogP contribution in [0, 0.1) is 6.92 Å². The molecule has 0 unspecified atom stereocenters. The van der Waals surface area contributed by atoms with Gasteiger partial charge in [0.05, 0.1) is 12.2 Å². The molecule has 0 spiro atoms. The molecule has 8 nitrogen and oxygen atoms in total. The van der Waals surface area contributed by atoms with Crippen LogP contribution in [0.25, 0.3) is 5.69 Å². The average molecular weight is 329 g/mol. The number of rotatable bonds is 4. The van der Waals surface area contributed by atoms with Crippen LogP contribution in [0.5, 0.6) is 0 Å². The van der Waals surface area contributed by atoms with Gasteiger partial charge in [-0.3, -0.25) is 4.90 Å². The second-order valence-electron chi connectivity index (χ2n) is 5.94. The smallest absolute Gasteiger partial charge is 0.317 e. The molecule has 128 valence electrons. The first kappa shape index (κ1) is 16.4. The van der Waals surface area contributed by atoms with Crippen LogP contribution in [0.1, 0.15) is 18.3 Å². The molecule has 8 heteroatoms. The van der Waals surface area contributed by atoms with E-state index in [1.807, 2.05) is 36.1 Å². The largest absolute Gasteiger partial charge is 0.338 e. The van der Waals surface area contributed by atoms with Crippen LogP contribution >= 0.6 is 0 Å². The van der Waals surface area contributed by atoms with Gasteiger partial charge in [-0.15, -0.1) is 5.10 Å². The molecule has 2 heterocycles. The van der Waals surface area contributed by atoms with E-state index in [1.165, 1.54) is 5.56 Å². The number of nitrogens with one attached hydrogen (secondary N) is 1. The molecule has 1 aliphatic rings. The lowest BCUT2D eigenvalue weighted by Crippen LogP contribution is -2.51. The molecule has 0 saturated carbocycles. The first-order valence-electron chi connectivity index (χ1n) is 8.27. The van der Waals surface area contributed by atoms with Crippen LogP contribution < -0.4 is 5.32 Å². The van der Waals surface area contributed by atoms with Crippen molar-refractivity contribution >= 4 is 6.03 Å².